The number of carbonyl (C=O) groups is 1. The van der Waals surface area contributed by atoms with E-state index in [1.807, 2.05) is 19.9 Å². The standard InChI is InChI=1S/C12H15NO2/c1-8-6-10(14)7-9(2)11(8)4-3-5-12(13)15/h3-4,6-7,14H,5H2,1-2H3,(H2,13,15). The SMILES string of the molecule is Cc1cc(O)cc(C)c1C=CCC(N)=O. The largest absolute Gasteiger partial charge is 0.508 e. The molecule has 3 N–H and O–H groups in total. The second kappa shape index (κ2) is 4.64. The van der Waals surface area contributed by atoms with Gasteiger partial charge in [0.05, 0.1) is 0 Å². The lowest BCUT2D eigenvalue weighted by molar-refractivity contribution is -0.117. The zero-order valence-electron chi connectivity index (χ0n) is 8.95. The smallest absolute Gasteiger partial charge is 0.221 e. The molecule has 0 unspecified atom stereocenters. The van der Waals surface area contributed by atoms with Crippen molar-refractivity contribution in [3.63, 3.8) is 0 Å². The second-order valence-electron chi connectivity index (χ2n) is 3.57. The van der Waals surface area contributed by atoms with Gasteiger partial charge in [0.15, 0.2) is 0 Å². The summed E-state index contributed by atoms with van der Waals surface area (Å²) in [6.07, 6.45) is 3.82. The Morgan fingerprint density at radius 1 is 1.40 bits per heavy atom. The van der Waals surface area contributed by atoms with Crippen LogP contribution in [0.1, 0.15) is 23.1 Å². The van der Waals surface area contributed by atoms with Crippen molar-refractivity contribution in [2.45, 2.75) is 20.3 Å². The molecule has 80 valence electrons. The monoisotopic (exact) mass is 205 g/mol. The highest BCUT2D eigenvalue weighted by atomic mass is 16.3. The van der Waals surface area contributed by atoms with Gasteiger partial charge >= 0.3 is 0 Å². The molecule has 1 aromatic carbocycles. The number of aromatic hydroxyl groups is 1. The van der Waals surface area contributed by atoms with E-state index in [0.717, 1.165) is 16.7 Å². The number of carbonyl (C=O) groups excluding carboxylic acids is 1. The number of benzene rings is 1. The molecule has 0 fully saturated rings. The van der Waals surface area contributed by atoms with Crippen LogP contribution in [0.3, 0.4) is 0 Å². The molecule has 0 aliphatic rings. The topological polar surface area (TPSA) is 63.3 Å². The zero-order chi connectivity index (χ0) is 11.4. The van der Waals surface area contributed by atoms with E-state index in [1.165, 1.54) is 0 Å². The number of amides is 1. The van der Waals surface area contributed by atoms with Crippen LogP contribution in [0.15, 0.2) is 18.2 Å². The number of primary amides is 1. The van der Waals surface area contributed by atoms with Crippen molar-refractivity contribution in [2.24, 2.45) is 5.73 Å². The average Bonchev–Trinajstić information content (AvgIpc) is 2.08. The van der Waals surface area contributed by atoms with Gasteiger partial charge in [-0.3, -0.25) is 4.79 Å². The van der Waals surface area contributed by atoms with E-state index in [-0.39, 0.29) is 18.1 Å². The third kappa shape index (κ3) is 3.13. The molecule has 1 rings (SSSR count). The first-order valence-electron chi connectivity index (χ1n) is 4.75. The Balaban J connectivity index is 2.94. The molecule has 1 aromatic rings. The molecule has 3 heteroatoms. The third-order valence-electron chi connectivity index (χ3n) is 2.18. The molecule has 0 aliphatic carbocycles. The molecule has 0 spiro atoms. The summed E-state index contributed by atoms with van der Waals surface area (Å²) in [7, 11) is 0. The van der Waals surface area contributed by atoms with Gasteiger partial charge in [-0.05, 0) is 42.7 Å². The van der Waals surface area contributed by atoms with Crippen LogP contribution in [0, 0.1) is 13.8 Å². The van der Waals surface area contributed by atoms with E-state index in [2.05, 4.69) is 0 Å². The molecule has 0 saturated heterocycles. The fourth-order valence-electron chi connectivity index (χ4n) is 1.51. The Morgan fingerprint density at radius 2 is 1.93 bits per heavy atom. The molecule has 0 bridgehead atoms. The normalized spacial score (nSPS) is 10.8. The van der Waals surface area contributed by atoms with Crippen LogP contribution < -0.4 is 5.73 Å². The Morgan fingerprint density at radius 3 is 2.40 bits per heavy atom. The minimum atomic E-state index is -0.347. The van der Waals surface area contributed by atoms with E-state index < -0.39 is 0 Å². The summed E-state index contributed by atoms with van der Waals surface area (Å²) in [6, 6.07) is 3.38. The zero-order valence-corrected chi connectivity index (χ0v) is 8.95. The number of rotatable bonds is 3. The van der Waals surface area contributed by atoms with Gasteiger partial charge in [-0.15, -0.1) is 0 Å². The van der Waals surface area contributed by atoms with Crippen LogP contribution in [0.5, 0.6) is 5.75 Å². The van der Waals surface area contributed by atoms with Crippen LogP contribution in [0.4, 0.5) is 0 Å². The van der Waals surface area contributed by atoms with Gasteiger partial charge in [-0.2, -0.15) is 0 Å². The minimum Gasteiger partial charge on any atom is -0.508 e. The van der Waals surface area contributed by atoms with E-state index in [0.29, 0.717) is 0 Å². The summed E-state index contributed by atoms with van der Waals surface area (Å²) in [6.45, 7) is 3.83. The van der Waals surface area contributed by atoms with Gasteiger partial charge in [0.25, 0.3) is 0 Å². The van der Waals surface area contributed by atoms with Crippen molar-refractivity contribution in [1.82, 2.24) is 0 Å². The average molecular weight is 205 g/mol. The lowest BCUT2D eigenvalue weighted by Crippen LogP contribution is -2.07. The predicted octanol–water partition coefficient (Wildman–Crippen LogP) is 1.90. The van der Waals surface area contributed by atoms with Crippen LogP contribution in [-0.4, -0.2) is 11.0 Å². The molecule has 0 radical (unpaired) electrons. The Labute approximate surface area is 89.2 Å². The second-order valence-corrected chi connectivity index (χ2v) is 3.57. The molecule has 15 heavy (non-hydrogen) atoms. The first-order chi connectivity index (χ1) is 7.00. The summed E-state index contributed by atoms with van der Waals surface area (Å²) < 4.78 is 0. The van der Waals surface area contributed by atoms with Crippen molar-refractivity contribution in [2.75, 3.05) is 0 Å². The highest BCUT2D eigenvalue weighted by Gasteiger charge is 2.01. The fraction of sp³-hybridized carbons (Fsp3) is 0.250. The van der Waals surface area contributed by atoms with E-state index in [4.69, 9.17) is 5.73 Å². The van der Waals surface area contributed by atoms with Gasteiger partial charge < -0.3 is 10.8 Å². The number of phenols is 1. The van der Waals surface area contributed by atoms with Crippen molar-refractivity contribution in [3.05, 3.63) is 34.9 Å². The summed E-state index contributed by atoms with van der Waals surface area (Å²) in [5, 5.41) is 9.33. The number of nitrogens with two attached hydrogens (primary N) is 1. The highest BCUT2D eigenvalue weighted by Crippen LogP contribution is 2.21. The van der Waals surface area contributed by atoms with Crippen LogP contribution in [0.2, 0.25) is 0 Å². The minimum absolute atomic E-state index is 0.236. The molecule has 0 aromatic heterocycles. The molecule has 0 heterocycles. The predicted molar refractivity (Wildman–Crippen MR) is 60.4 cm³/mol. The van der Waals surface area contributed by atoms with Crippen molar-refractivity contribution in [3.8, 4) is 5.75 Å². The first-order valence-corrected chi connectivity index (χ1v) is 4.75. The van der Waals surface area contributed by atoms with Gasteiger partial charge in [0.2, 0.25) is 5.91 Å². The summed E-state index contributed by atoms with van der Waals surface area (Å²) >= 11 is 0. The molecule has 3 nitrogen and oxygen atoms in total. The maximum atomic E-state index is 10.5. The maximum absolute atomic E-state index is 10.5. The van der Waals surface area contributed by atoms with Crippen molar-refractivity contribution in [1.29, 1.82) is 0 Å². The lowest BCUT2D eigenvalue weighted by Gasteiger charge is -2.05. The van der Waals surface area contributed by atoms with Gasteiger partial charge in [0, 0.05) is 6.42 Å². The summed E-state index contributed by atoms with van der Waals surface area (Å²) in [4.78, 5) is 10.5. The number of aryl methyl sites for hydroxylation is 2. The molecule has 0 atom stereocenters. The van der Waals surface area contributed by atoms with Crippen molar-refractivity contribution >= 4 is 12.0 Å². The summed E-state index contributed by atoms with van der Waals surface area (Å²) in [5.41, 5.74) is 8.01. The fourth-order valence-corrected chi connectivity index (χ4v) is 1.51. The van der Waals surface area contributed by atoms with Crippen molar-refractivity contribution < 1.29 is 9.90 Å². The number of phenolic OH excluding ortho intramolecular Hbond substituents is 1. The Hall–Kier alpha value is -1.77. The highest BCUT2D eigenvalue weighted by molar-refractivity contribution is 5.76. The first kappa shape index (κ1) is 11.3. The van der Waals surface area contributed by atoms with Gasteiger partial charge in [-0.25, -0.2) is 0 Å². The summed E-state index contributed by atoms with van der Waals surface area (Å²) in [5.74, 6) is -0.0858. The van der Waals surface area contributed by atoms with E-state index in [1.54, 1.807) is 18.2 Å². The molecular formula is C12H15NO2. The third-order valence-corrected chi connectivity index (χ3v) is 2.18. The van der Waals surface area contributed by atoms with Gasteiger partial charge in [0.1, 0.15) is 5.75 Å². The number of hydrogen-bond acceptors (Lipinski definition) is 2. The van der Waals surface area contributed by atoms with E-state index >= 15 is 0 Å². The van der Waals surface area contributed by atoms with Crippen LogP contribution in [-0.2, 0) is 4.79 Å². The lowest BCUT2D eigenvalue weighted by atomic mass is 10.0. The number of hydrogen-bond donors (Lipinski definition) is 2. The molecular weight excluding hydrogens is 190 g/mol. The van der Waals surface area contributed by atoms with Crippen LogP contribution >= 0.6 is 0 Å². The van der Waals surface area contributed by atoms with Crippen LogP contribution in [0.25, 0.3) is 6.08 Å². The molecule has 0 aliphatic heterocycles. The maximum Gasteiger partial charge on any atom is 0.221 e. The Kier molecular flexibility index (Phi) is 3.50. The molecule has 1 amide bonds. The van der Waals surface area contributed by atoms with Gasteiger partial charge in [-0.1, -0.05) is 12.2 Å². The Bertz CT molecular complexity index is 385. The van der Waals surface area contributed by atoms with E-state index in [9.17, 15) is 9.90 Å². The quantitative estimate of drug-likeness (QED) is 0.791. The molecule has 0 saturated carbocycles.